The van der Waals surface area contributed by atoms with Crippen LogP contribution in [-0.2, 0) is 4.79 Å². The maximum Gasteiger partial charge on any atom is 0.223 e. The van der Waals surface area contributed by atoms with Crippen molar-refractivity contribution in [2.24, 2.45) is 11.8 Å². The Labute approximate surface area is 143 Å². The van der Waals surface area contributed by atoms with Gasteiger partial charge in [0.05, 0.1) is 6.04 Å². The molecule has 2 aliphatic rings. The first kappa shape index (κ1) is 17.6. The molecule has 1 unspecified atom stereocenters. The van der Waals surface area contributed by atoms with Gasteiger partial charge in [-0.25, -0.2) is 0 Å². The lowest BCUT2D eigenvalue weighted by atomic mass is 9.77. The van der Waals surface area contributed by atoms with Crippen molar-refractivity contribution in [1.82, 2.24) is 10.6 Å². The zero-order valence-corrected chi connectivity index (χ0v) is 14.3. The predicted molar refractivity (Wildman–Crippen MR) is 92.5 cm³/mol. The molecule has 5 heteroatoms. The van der Waals surface area contributed by atoms with Gasteiger partial charge in [-0.05, 0) is 62.4 Å². The van der Waals surface area contributed by atoms with Gasteiger partial charge < -0.3 is 10.6 Å². The molecule has 1 aliphatic heterocycles. The Bertz CT molecular complexity index is 482. The standard InChI is InChI=1S/C17H23ClN2O.ClH/c18-15-6-4-13(5-7-15)16(12-2-1-3-12)20-17(21)14-8-10-19-11-9-14;/h4-7,12,14,16,19H,1-3,8-11H2,(H,20,21);1H. The van der Waals surface area contributed by atoms with Crippen molar-refractivity contribution < 1.29 is 4.79 Å². The van der Waals surface area contributed by atoms with Crippen LogP contribution in [0.25, 0.3) is 0 Å². The topological polar surface area (TPSA) is 41.1 Å². The largest absolute Gasteiger partial charge is 0.349 e. The lowest BCUT2D eigenvalue weighted by molar-refractivity contribution is -0.127. The number of amides is 1. The smallest absolute Gasteiger partial charge is 0.223 e. The van der Waals surface area contributed by atoms with Crippen LogP contribution in [-0.4, -0.2) is 19.0 Å². The molecule has 1 atom stereocenters. The molecular weight excluding hydrogens is 319 g/mol. The summed E-state index contributed by atoms with van der Waals surface area (Å²) >= 11 is 5.98. The van der Waals surface area contributed by atoms with Crippen molar-refractivity contribution in [3.63, 3.8) is 0 Å². The highest BCUT2D eigenvalue weighted by atomic mass is 35.5. The Balaban J connectivity index is 0.00000176. The quantitative estimate of drug-likeness (QED) is 0.875. The average molecular weight is 343 g/mol. The van der Waals surface area contributed by atoms with Gasteiger partial charge in [-0.1, -0.05) is 30.2 Å². The van der Waals surface area contributed by atoms with Crippen LogP contribution >= 0.6 is 24.0 Å². The monoisotopic (exact) mass is 342 g/mol. The number of rotatable bonds is 4. The van der Waals surface area contributed by atoms with Crippen LogP contribution in [0.3, 0.4) is 0 Å². The van der Waals surface area contributed by atoms with Crippen molar-refractivity contribution in [2.75, 3.05) is 13.1 Å². The van der Waals surface area contributed by atoms with Crippen molar-refractivity contribution >= 4 is 29.9 Å². The van der Waals surface area contributed by atoms with Crippen LogP contribution in [0, 0.1) is 11.8 Å². The van der Waals surface area contributed by atoms with Crippen LogP contribution in [0.4, 0.5) is 0 Å². The Morgan fingerprint density at radius 1 is 1.14 bits per heavy atom. The molecule has 1 saturated carbocycles. The van der Waals surface area contributed by atoms with E-state index in [1.165, 1.54) is 24.8 Å². The Hall–Kier alpha value is -0.770. The van der Waals surface area contributed by atoms with Crippen LogP contribution in [0.2, 0.25) is 5.02 Å². The highest BCUT2D eigenvalue weighted by Gasteiger charge is 2.31. The van der Waals surface area contributed by atoms with E-state index in [0.29, 0.717) is 5.92 Å². The van der Waals surface area contributed by atoms with Gasteiger partial charge in [-0.2, -0.15) is 0 Å². The molecule has 0 aromatic heterocycles. The lowest BCUT2D eigenvalue weighted by Gasteiger charge is -2.36. The first-order chi connectivity index (χ1) is 10.2. The van der Waals surface area contributed by atoms with E-state index in [4.69, 9.17) is 11.6 Å². The minimum atomic E-state index is 0. The zero-order valence-electron chi connectivity index (χ0n) is 12.7. The van der Waals surface area contributed by atoms with Gasteiger partial charge in [0, 0.05) is 10.9 Å². The molecule has 1 aromatic rings. The fourth-order valence-corrected chi connectivity index (χ4v) is 3.40. The summed E-state index contributed by atoms with van der Waals surface area (Å²) in [5.74, 6) is 0.973. The molecular formula is C17H24Cl2N2O. The molecule has 1 aliphatic carbocycles. The molecule has 3 nitrogen and oxygen atoms in total. The van der Waals surface area contributed by atoms with E-state index >= 15 is 0 Å². The summed E-state index contributed by atoms with van der Waals surface area (Å²) in [4.78, 5) is 12.5. The summed E-state index contributed by atoms with van der Waals surface area (Å²) in [6, 6.07) is 8.08. The first-order valence-corrected chi connectivity index (χ1v) is 8.38. The van der Waals surface area contributed by atoms with E-state index in [-0.39, 0.29) is 30.3 Å². The summed E-state index contributed by atoms with van der Waals surface area (Å²) in [6.45, 7) is 1.90. The van der Waals surface area contributed by atoms with Crippen LogP contribution in [0.5, 0.6) is 0 Å². The molecule has 122 valence electrons. The second kappa shape index (κ2) is 8.19. The molecule has 1 aromatic carbocycles. The number of hydrogen-bond acceptors (Lipinski definition) is 2. The second-order valence-electron chi connectivity index (χ2n) is 6.25. The molecule has 1 saturated heterocycles. The lowest BCUT2D eigenvalue weighted by Crippen LogP contribution is -2.42. The van der Waals surface area contributed by atoms with Crippen molar-refractivity contribution in [3.05, 3.63) is 34.9 Å². The van der Waals surface area contributed by atoms with Gasteiger partial charge in [-0.15, -0.1) is 12.4 Å². The van der Waals surface area contributed by atoms with E-state index in [1.54, 1.807) is 0 Å². The number of carbonyl (C=O) groups excluding carboxylic acids is 1. The van der Waals surface area contributed by atoms with Crippen LogP contribution < -0.4 is 10.6 Å². The highest BCUT2D eigenvalue weighted by molar-refractivity contribution is 6.30. The van der Waals surface area contributed by atoms with Crippen molar-refractivity contribution in [3.8, 4) is 0 Å². The summed E-state index contributed by atoms with van der Waals surface area (Å²) in [7, 11) is 0. The minimum Gasteiger partial charge on any atom is -0.349 e. The Morgan fingerprint density at radius 2 is 1.77 bits per heavy atom. The highest BCUT2D eigenvalue weighted by Crippen LogP contribution is 2.38. The van der Waals surface area contributed by atoms with Gasteiger partial charge in [0.25, 0.3) is 0 Å². The summed E-state index contributed by atoms with van der Waals surface area (Å²) in [5, 5.41) is 7.37. The minimum absolute atomic E-state index is 0. The van der Waals surface area contributed by atoms with Crippen molar-refractivity contribution in [1.29, 1.82) is 0 Å². The van der Waals surface area contributed by atoms with Crippen molar-refractivity contribution in [2.45, 2.75) is 38.1 Å². The van der Waals surface area contributed by atoms with Gasteiger partial charge in [0.2, 0.25) is 5.91 Å². The molecule has 0 bridgehead atoms. The molecule has 22 heavy (non-hydrogen) atoms. The molecule has 0 radical (unpaired) electrons. The predicted octanol–water partition coefficient (Wildman–Crippen LogP) is 3.72. The van der Waals surface area contributed by atoms with Gasteiger partial charge in [0.15, 0.2) is 0 Å². The third-order valence-electron chi connectivity index (χ3n) is 4.86. The summed E-state index contributed by atoms with van der Waals surface area (Å²) in [5.41, 5.74) is 1.19. The SMILES string of the molecule is Cl.O=C(NC(c1ccc(Cl)cc1)C1CCC1)C1CCNCC1. The maximum absolute atomic E-state index is 12.5. The van der Waals surface area contributed by atoms with E-state index in [1.807, 2.05) is 24.3 Å². The van der Waals surface area contributed by atoms with E-state index in [9.17, 15) is 4.79 Å². The maximum atomic E-state index is 12.5. The number of halogens is 2. The molecule has 2 N–H and O–H groups in total. The van der Waals surface area contributed by atoms with E-state index < -0.39 is 0 Å². The number of carbonyl (C=O) groups is 1. The zero-order chi connectivity index (χ0) is 14.7. The second-order valence-corrected chi connectivity index (χ2v) is 6.69. The number of nitrogens with one attached hydrogen (secondary N) is 2. The number of hydrogen-bond donors (Lipinski definition) is 2. The van der Waals surface area contributed by atoms with Gasteiger partial charge >= 0.3 is 0 Å². The first-order valence-electron chi connectivity index (χ1n) is 8.00. The Kier molecular flexibility index (Phi) is 6.54. The summed E-state index contributed by atoms with van der Waals surface area (Å²) in [6.07, 6.45) is 5.59. The number of piperidine rings is 1. The molecule has 1 heterocycles. The molecule has 3 rings (SSSR count). The Morgan fingerprint density at radius 3 is 2.32 bits per heavy atom. The normalized spacial score (nSPS) is 20.6. The van der Waals surface area contributed by atoms with E-state index in [2.05, 4.69) is 10.6 Å². The fraction of sp³-hybridized carbons (Fsp3) is 0.588. The van der Waals surface area contributed by atoms with Gasteiger partial charge in [0.1, 0.15) is 0 Å². The third kappa shape index (κ3) is 4.15. The number of benzene rings is 1. The van der Waals surface area contributed by atoms with Crippen LogP contribution in [0.1, 0.15) is 43.7 Å². The van der Waals surface area contributed by atoms with Gasteiger partial charge in [-0.3, -0.25) is 4.79 Å². The molecule has 2 fully saturated rings. The van der Waals surface area contributed by atoms with E-state index in [0.717, 1.165) is 31.0 Å². The fourth-order valence-electron chi connectivity index (χ4n) is 3.27. The summed E-state index contributed by atoms with van der Waals surface area (Å²) < 4.78 is 0. The molecule has 0 spiro atoms. The van der Waals surface area contributed by atoms with Crippen LogP contribution in [0.15, 0.2) is 24.3 Å². The average Bonchev–Trinajstić information content (AvgIpc) is 2.46. The third-order valence-corrected chi connectivity index (χ3v) is 5.11. The molecule has 1 amide bonds.